The fourth-order valence-corrected chi connectivity index (χ4v) is 2.00. The fourth-order valence-electron chi connectivity index (χ4n) is 2.00. The van der Waals surface area contributed by atoms with Crippen LogP contribution in [0.15, 0.2) is 36.5 Å². The van der Waals surface area contributed by atoms with Crippen LogP contribution in [0.3, 0.4) is 0 Å². The molecule has 0 radical (unpaired) electrons. The molecule has 0 bridgehead atoms. The van der Waals surface area contributed by atoms with Crippen LogP contribution in [-0.4, -0.2) is 32.2 Å². The normalized spacial score (nSPS) is 9.95. The van der Waals surface area contributed by atoms with Crippen molar-refractivity contribution < 1.29 is 14.3 Å². The first-order chi connectivity index (χ1) is 10.7. The first-order valence-corrected chi connectivity index (χ1v) is 6.81. The first kappa shape index (κ1) is 15.6. The molecule has 0 unspecified atom stereocenters. The second kappa shape index (κ2) is 7.31. The Balaban J connectivity index is 2.02. The molecule has 1 heterocycles. The van der Waals surface area contributed by atoms with Crippen molar-refractivity contribution in [2.24, 2.45) is 0 Å². The third-order valence-corrected chi connectivity index (χ3v) is 3.12. The van der Waals surface area contributed by atoms with Gasteiger partial charge in [0.1, 0.15) is 5.82 Å². The summed E-state index contributed by atoms with van der Waals surface area (Å²) in [5.41, 5.74) is 1.50. The van der Waals surface area contributed by atoms with E-state index in [1.54, 1.807) is 51.7 Å². The van der Waals surface area contributed by atoms with Gasteiger partial charge in [-0.1, -0.05) is 6.07 Å². The molecule has 1 amide bonds. The summed E-state index contributed by atoms with van der Waals surface area (Å²) in [6.07, 6.45) is 1.85. The van der Waals surface area contributed by atoms with Crippen LogP contribution in [0.2, 0.25) is 0 Å². The van der Waals surface area contributed by atoms with Gasteiger partial charge in [0.15, 0.2) is 11.5 Å². The zero-order valence-corrected chi connectivity index (χ0v) is 12.8. The molecule has 2 rings (SSSR count). The minimum Gasteiger partial charge on any atom is -0.493 e. The van der Waals surface area contributed by atoms with Crippen LogP contribution in [-0.2, 0) is 11.2 Å². The maximum atomic E-state index is 12.1. The highest BCUT2D eigenvalue weighted by atomic mass is 16.5. The summed E-state index contributed by atoms with van der Waals surface area (Å²) >= 11 is 0. The molecule has 0 spiro atoms. The number of aromatic nitrogens is 1. The van der Waals surface area contributed by atoms with E-state index in [2.05, 4.69) is 15.6 Å². The molecule has 2 aromatic rings. The molecule has 0 saturated carbocycles. The van der Waals surface area contributed by atoms with E-state index in [-0.39, 0.29) is 12.3 Å². The Labute approximate surface area is 129 Å². The predicted octanol–water partition coefficient (Wildman–Crippen LogP) is 2.32. The van der Waals surface area contributed by atoms with E-state index >= 15 is 0 Å². The van der Waals surface area contributed by atoms with Crippen molar-refractivity contribution in [3.63, 3.8) is 0 Å². The molecule has 2 N–H and O–H groups in total. The minimum absolute atomic E-state index is 0.119. The molecule has 0 aliphatic carbocycles. The Kier molecular flexibility index (Phi) is 5.19. The summed E-state index contributed by atoms with van der Waals surface area (Å²) in [7, 11) is 4.93. The standard InChI is InChI=1S/C16H19N3O3/c1-17-15-7-5-12(10-18-15)19-16(20)9-11-4-6-13(21-2)14(8-11)22-3/h4-8,10H,9H2,1-3H3,(H,17,18)(H,19,20). The smallest absolute Gasteiger partial charge is 0.228 e. The number of nitrogens with zero attached hydrogens (tertiary/aromatic N) is 1. The van der Waals surface area contributed by atoms with Crippen molar-refractivity contribution in [3.05, 3.63) is 42.1 Å². The number of ether oxygens (including phenoxy) is 2. The van der Waals surface area contributed by atoms with Crippen molar-refractivity contribution >= 4 is 17.4 Å². The van der Waals surface area contributed by atoms with Gasteiger partial charge >= 0.3 is 0 Å². The maximum absolute atomic E-state index is 12.1. The Hall–Kier alpha value is -2.76. The van der Waals surface area contributed by atoms with Gasteiger partial charge < -0.3 is 20.1 Å². The van der Waals surface area contributed by atoms with Crippen molar-refractivity contribution in [2.45, 2.75) is 6.42 Å². The molecule has 1 aromatic heterocycles. The van der Waals surface area contributed by atoms with Crippen LogP contribution in [0.1, 0.15) is 5.56 Å². The number of hydrogen-bond donors (Lipinski definition) is 2. The van der Waals surface area contributed by atoms with E-state index in [0.717, 1.165) is 11.4 Å². The molecule has 0 saturated heterocycles. The van der Waals surface area contributed by atoms with E-state index in [4.69, 9.17) is 9.47 Å². The lowest BCUT2D eigenvalue weighted by Gasteiger charge is -2.10. The number of carbonyl (C=O) groups is 1. The summed E-state index contributed by atoms with van der Waals surface area (Å²) < 4.78 is 10.4. The number of pyridine rings is 1. The molecule has 0 fully saturated rings. The topological polar surface area (TPSA) is 72.5 Å². The average molecular weight is 301 g/mol. The van der Waals surface area contributed by atoms with Gasteiger partial charge in [0.05, 0.1) is 32.5 Å². The zero-order chi connectivity index (χ0) is 15.9. The van der Waals surface area contributed by atoms with E-state index in [9.17, 15) is 4.79 Å². The summed E-state index contributed by atoms with van der Waals surface area (Å²) in [4.78, 5) is 16.2. The van der Waals surface area contributed by atoms with E-state index in [1.165, 1.54) is 0 Å². The van der Waals surface area contributed by atoms with Crippen molar-refractivity contribution in [1.29, 1.82) is 0 Å². The Morgan fingerprint density at radius 3 is 2.50 bits per heavy atom. The number of nitrogens with one attached hydrogen (secondary N) is 2. The molecule has 6 nitrogen and oxygen atoms in total. The molecule has 1 aromatic carbocycles. The lowest BCUT2D eigenvalue weighted by Crippen LogP contribution is -2.14. The zero-order valence-electron chi connectivity index (χ0n) is 12.8. The van der Waals surface area contributed by atoms with Crippen LogP contribution in [0.5, 0.6) is 11.5 Å². The summed E-state index contributed by atoms with van der Waals surface area (Å²) in [5, 5.41) is 5.73. The van der Waals surface area contributed by atoms with Crippen molar-refractivity contribution in [1.82, 2.24) is 4.98 Å². The first-order valence-electron chi connectivity index (χ1n) is 6.81. The van der Waals surface area contributed by atoms with Gasteiger partial charge in [-0.05, 0) is 29.8 Å². The van der Waals surface area contributed by atoms with Gasteiger partial charge in [-0.3, -0.25) is 4.79 Å². The third-order valence-electron chi connectivity index (χ3n) is 3.12. The molecule has 0 aliphatic heterocycles. The van der Waals surface area contributed by atoms with Crippen molar-refractivity contribution in [2.75, 3.05) is 31.9 Å². The highest BCUT2D eigenvalue weighted by molar-refractivity contribution is 5.92. The fraction of sp³-hybridized carbons (Fsp3) is 0.250. The Morgan fingerprint density at radius 2 is 1.91 bits per heavy atom. The lowest BCUT2D eigenvalue weighted by molar-refractivity contribution is -0.115. The molecule has 116 valence electrons. The van der Waals surface area contributed by atoms with Crippen LogP contribution in [0.25, 0.3) is 0 Å². The number of amides is 1. The number of rotatable bonds is 6. The molecule has 0 atom stereocenters. The highest BCUT2D eigenvalue weighted by Gasteiger charge is 2.09. The van der Waals surface area contributed by atoms with Gasteiger partial charge in [0, 0.05) is 7.05 Å². The summed E-state index contributed by atoms with van der Waals surface area (Å²) in [6.45, 7) is 0. The summed E-state index contributed by atoms with van der Waals surface area (Å²) in [6, 6.07) is 9.01. The number of anilines is 2. The van der Waals surface area contributed by atoms with Gasteiger partial charge in [-0.15, -0.1) is 0 Å². The quantitative estimate of drug-likeness (QED) is 0.856. The Morgan fingerprint density at radius 1 is 1.14 bits per heavy atom. The van der Waals surface area contributed by atoms with E-state index in [1.807, 2.05) is 6.07 Å². The van der Waals surface area contributed by atoms with Gasteiger partial charge in [-0.25, -0.2) is 4.98 Å². The highest BCUT2D eigenvalue weighted by Crippen LogP contribution is 2.27. The van der Waals surface area contributed by atoms with E-state index < -0.39 is 0 Å². The maximum Gasteiger partial charge on any atom is 0.228 e. The van der Waals surface area contributed by atoms with Crippen LogP contribution >= 0.6 is 0 Å². The van der Waals surface area contributed by atoms with E-state index in [0.29, 0.717) is 17.2 Å². The Bertz CT molecular complexity index is 642. The molecule has 0 aliphatic rings. The predicted molar refractivity (Wildman–Crippen MR) is 85.7 cm³/mol. The van der Waals surface area contributed by atoms with Crippen LogP contribution in [0.4, 0.5) is 11.5 Å². The largest absolute Gasteiger partial charge is 0.493 e. The molecular formula is C16H19N3O3. The minimum atomic E-state index is -0.119. The number of carbonyl (C=O) groups excluding carboxylic acids is 1. The number of benzene rings is 1. The molecular weight excluding hydrogens is 282 g/mol. The monoisotopic (exact) mass is 301 g/mol. The molecule has 22 heavy (non-hydrogen) atoms. The van der Waals surface area contributed by atoms with Gasteiger partial charge in [0.2, 0.25) is 5.91 Å². The van der Waals surface area contributed by atoms with Gasteiger partial charge in [-0.2, -0.15) is 0 Å². The number of hydrogen-bond acceptors (Lipinski definition) is 5. The second-order valence-corrected chi connectivity index (χ2v) is 4.60. The number of methoxy groups -OCH3 is 2. The van der Waals surface area contributed by atoms with Crippen LogP contribution in [0, 0.1) is 0 Å². The SMILES string of the molecule is CNc1ccc(NC(=O)Cc2ccc(OC)c(OC)c2)cn1. The summed E-state index contributed by atoms with van der Waals surface area (Å²) in [5.74, 6) is 1.87. The van der Waals surface area contributed by atoms with Gasteiger partial charge in [0.25, 0.3) is 0 Å². The average Bonchev–Trinajstić information content (AvgIpc) is 2.55. The van der Waals surface area contributed by atoms with Crippen molar-refractivity contribution in [3.8, 4) is 11.5 Å². The molecule has 6 heteroatoms. The lowest BCUT2D eigenvalue weighted by atomic mass is 10.1. The third kappa shape index (κ3) is 3.88. The van der Waals surface area contributed by atoms with Crippen LogP contribution < -0.4 is 20.1 Å². The second-order valence-electron chi connectivity index (χ2n) is 4.60.